The Morgan fingerprint density at radius 3 is 2.15 bits per heavy atom. The van der Waals surface area contributed by atoms with Gasteiger partial charge < -0.3 is 10.2 Å². The molecule has 0 saturated carbocycles. The number of nitrogens with zero attached hydrogens (tertiary/aromatic N) is 2. The highest BCUT2D eigenvalue weighted by Gasteiger charge is 2.33. The molecule has 0 fully saturated rings. The van der Waals surface area contributed by atoms with E-state index in [1.165, 1.54) is 17.0 Å². The topological polar surface area (TPSA) is 86.8 Å². The molecule has 3 rings (SSSR count). The molecule has 0 bridgehead atoms. The standard InChI is InChI=1S/C31H37Cl2N3O4S/c1-6-7-17-34-31(38)24(5)35(19-26-27(32)9-8-10-28(26)33)30(37)20-36(29-18-22(3)11-14-23(29)4)41(39,40)25-15-12-21(2)13-16-25/h8-16,18,24H,6-7,17,19-20H2,1-5H3,(H,34,38). The molecule has 0 heterocycles. The van der Waals surface area contributed by atoms with E-state index in [0.29, 0.717) is 33.4 Å². The minimum Gasteiger partial charge on any atom is -0.354 e. The largest absolute Gasteiger partial charge is 0.354 e. The zero-order valence-corrected chi connectivity index (χ0v) is 26.4. The lowest BCUT2D eigenvalue weighted by Crippen LogP contribution is -2.51. The Balaban J connectivity index is 2.08. The number of sulfonamides is 1. The molecule has 7 nitrogen and oxygen atoms in total. The van der Waals surface area contributed by atoms with Gasteiger partial charge in [-0.05, 0) is 75.6 Å². The highest BCUT2D eigenvalue weighted by Crippen LogP contribution is 2.30. The third kappa shape index (κ3) is 8.03. The summed E-state index contributed by atoms with van der Waals surface area (Å²) >= 11 is 12.9. The third-order valence-electron chi connectivity index (χ3n) is 6.91. The van der Waals surface area contributed by atoms with E-state index in [0.717, 1.165) is 28.3 Å². The van der Waals surface area contributed by atoms with Gasteiger partial charge in [0.25, 0.3) is 10.0 Å². The second-order valence-electron chi connectivity index (χ2n) is 10.2. The van der Waals surface area contributed by atoms with Crippen LogP contribution in [0.4, 0.5) is 5.69 Å². The van der Waals surface area contributed by atoms with Crippen LogP contribution in [-0.4, -0.2) is 44.3 Å². The van der Waals surface area contributed by atoms with Crippen molar-refractivity contribution in [3.63, 3.8) is 0 Å². The van der Waals surface area contributed by atoms with Crippen molar-refractivity contribution in [1.29, 1.82) is 0 Å². The molecule has 0 aliphatic rings. The quantitative estimate of drug-likeness (QED) is 0.237. The smallest absolute Gasteiger partial charge is 0.264 e. The summed E-state index contributed by atoms with van der Waals surface area (Å²) in [6.07, 6.45) is 1.69. The first kappa shape index (κ1) is 32.4. The predicted octanol–water partition coefficient (Wildman–Crippen LogP) is 6.45. The third-order valence-corrected chi connectivity index (χ3v) is 9.39. The first-order valence-electron chi connectivity index (χ1n) is 13.5. The van der Waals surface area contributed by atoms with Crippen molar-refractivity contribution < 1.29 is 18.0 Å². The fourth-order valence-corrected chi connectivity index (χ4v) is 6.30. The van der Waals surface area contributed by atoms with Gasteiger partial charge in [0.1, 0.15) is 12.6 Å². The number of unbranched alkanes of at least 4 members (excludes halogenated alkanes) is 1. The normalized spacial score (nSPS) is 12.1. The van der Waals surface area contributed by atoms with Crippen molar-refractivity contribution in [3.05, 3.63) is 93.0 Å². The number of carbonyl (C=O) groups is 2. The van der Waals surface area contributed by atoms with E-state index in [-0.39, 0.29) is 17.3 Å². The van der Waals surface area contributed by atoms with Crippen LogP contribution in [0.1, 0.15) is 48.9 Å². The van der Waals surface area contributed by atoms with Gasteiger partial charge in [0.15, 0.2) is 0 Å². The highest BCUT2D eigenvalue weighted by atomic mass is 35.5. The Labute approximate surface area is 253 Å². The van der Waals surface area contributed by atoms with Gasteiger partial charge in [0.2, 0.25) is 11.8 Å². The Bertz CT molecular complexity index is 1470. The van der Waals surface area contributed by atoms with Crippen LogP contribution < -0.4 is 9.62 Å². The first-order chi connectivity index (χ1) is 19.4. The Morgan fingerprint density at radius 1 is 0.927 bits per heavy atom. The monoisotopic (exact) mass is 617 g/mol. The lowest BCUT2D eigenvalue weighted by molar-refractivity contribution is -0.139. The highest BCUT2D eigenvalue weighted by molar-refractivity contribution is 7.92. The molecular weight excluding hydrogens is 581 g/mol. The Morgan fingerprint density at radius 2 is 1.54 bits per heavy atom. The van der Waals surface area contributed by atoms with Crippen molar-refractivity contribution in [2.24, 2.45) is 0 Å². The van der Waals surface area contributed by atoms with E-state index in [4.69, 9.17) is 23.2 Å². The van der Waals surface area contributed by atoms with Crippen molar-refractivity contribution in [1.82, 2.24) is 10.2 Å². The van der Waals surface area contributed by atoms with Gasteiger partial charge in [0, 0.05) is 28.7 Å². The molecule has 0 aliphatic carbocycles. The van der Waals surface area contributed by atoms with E-state index in [1.807, 2.05) is 32.9 Å². The van der Waals surface area contributed by atoms with Gasteiger partial charge in [-0.1, -0.05) is 72.4 Å². The number of nitrogens with one attached hydrogen (secondary N) is 1. The molecular formula is C31H37Cl2N3O4S. The Kier molecular flexibility index (Phi) is 11.2. The number of benzene rings is 3. The van der Waals surface area contributed by atoms with Gasteiger partial charge in [0.05, 0.1) is 10.6 Å². The number of aryl methyl sites for hydroxylation is 3. The van der Waals surface area contributed by atoms with E-state index >= 15 is 0 Å². The zero-order valence-electron chi connectivity index (χ0n) is 24.1. The summed E-state index contributed by atoms with van der Waals surface area (Å²) in [6, 6.07) is 16.0. The van der Waals surface area contributed by atoms with Crippen molar-refractivity contribution in [2.45, 2.75) is 64.9 Å². The lowest BCUT2D eigenvalue weighted by Gasteiger charge is -2.33. The van der Waals surface area contributed by atoms with Gasteiger partial charge in [-0.3, -0.25) is 13.9 Å². The lowest BCUT2D eigenvalue weighted by atomic mass is 10.1. The summed E-state index contributed by atoms with van der Waals surface area (Å²) in [5.41, 5.74) is 3.28. The molecule has 0 spiro atoms. The molecule has 0 radical (unpaired) electrons. The molecule has 3 aromatic rings. The maximum absolute atomic E-state index is 14.1. The van der Waals surface area contributed by atoms with E-state index in [9.17, 15) is 18.0 Å². The SMILES string of the molecule is CCCCNC(=O)C(C)N(Cc1c(Cl)cccc1Cl)C(=O)CN(c1cc(C)ccc1C)S(=O)(=O)c1ccc(C)cc1. The molecule has 0 aliphatic heterocycles. The van der Waals surface area contributed by atoms with Crippen LogP contribution in [0.25, 0.3) is 0 Å². The number of halogens is 2. The minimum absolute atomic E-state index is 0.0582. The minimum atomic E-state index is -4.16. The average Bonchev–Trinajstić information content (AvgIpc) is 2.93. The van der Waals surface area contributed by atoms with Crippen LogP contribution in [0.3, 0.4) is 0 Å². The second kappa shape index (κ2) is 14.2. The summed E-state index contributed by atoms with van der Waals surface area (Å²) in [7, 11) is -4.16. The van der Waals surface area contributed by atoms with Crippen LogP contribution in [0.2, 0.25) is 10.0 Å². The molecule has 220 valence electrons. The molecule has 1 unspecified atom stereocenters. The maximum atomic E-state index is 14.1. The summed E-state index contributed by atoms with van der Waals surface area (Å²) in [5.74, 6) is -0.926. The fourth-order valence-electron chi connectivity index (χ4n) is 4.31. The number of rotatable bonds is 12. The molecule has 2 amide bonds. The summed E-state index contributed by atoms with van der Waals surface area (Å²) in [5, 5.41) is 3.55. The Hall–Kier alpha value is -3.07. The first-order valence-corrected chi connectivity index (χ1v) is 15.7. The van der Waals surface area contributed by atoms with Gasteiger partial charge in [-0.25, -0.2) is 8.42 Å². The number of anilines is 1. The molecule has 0 aromatic heterocycles. The molecule has 1 N–H and O–H groups in total. The van der Waals surface area contributed by atoms with Crippen LogP contribution >= 0.6 is 23.2 Å². The number of amides is 2. The maximum Gasteiger partial charge on any atom is 0.264 e. The molecule has 1 atom stereocenters. The van der Waals surface area contributed by atoms with Gasteiger partial charge in [-0.2, -0.15) is 0 Å². The second-order valence-corrected chi connectivity index (χ2v) is 12.8. The molecule has 10 heteroatoms. The van der Waals surface area contributed by atoms with Crippen LogP contribution in [0, 0.1) is 20.8 Å². The predicted molar refractivity (Wildman–Crippen MR) is 166 cm³/mol. The number of hydrogen-bond acceptors (Lipinski definition) is 4. The van der Waals surface area contributed by atoms with Crippen molar-refractivity contribution in [3.8, 4) is 0 Å². The summed E-state index contributed by atoms with van der Waals surface area (Å²) in [4.78, 5) is 28.6. The van der Waals surface area contributed by atoms with E-state index in [2.05, 4.69) is 5.32 Å². The van der Waals surface area contributed by atoms with Gasteiger partial charge >= 0.3 is 0 Å². The summed E-state index contributed by atoms with van der Waals surface area (Å²) < 4.78 is 29.2. The fraction of sp³-hybridized carbons (Fsp3) is 0.355. The number of hydrogen-bond donors (Lipinski definition) is 1. The molecule has 0 saturated heterocycles. The zero-order chi connectivity index (χ0) is 30.3. The van der Waals surface area contributed by atoms with Crippen LogP contribution in [0.5, 0.6) is 0 Å². The molecule has 41 heavy (non-hydrogen) atoms. The van der Waals surface area contributed by atoms with Crippen molar-refractivity contribution >= 4 is 50.7 Å². The molecule has 3 aromatic carbocycles. The van der Waals surface area contributed by atoms with E-state index < -0.39 is 28.5 Å². The average molecular weight is 619 g/mol. The van der Waals surface area contributed by atoms with Crippen molar-refractivity contribution in [2.75, 3.05) is 17.4 Å². The van der Waals surface area contributed by atoms with Crippen LogP contribution in [-0.2, 0) is 26.2 Å². The van der Waals surface area contributed by atoms with Crippen LogP contribution in [0.15, 0.2) is 65.6 Å². The van der Waals surface area contributed by atoms with Gasteiger partial charge in [-0.15, -0.1) is 0 Å². The van der Waals surface area contributed by atoms with E-state index in [1.54, 1.807) is 50.2 Å². The number of carbonyl (C=O) groups excluding carboxylic acids is 2. The summed E-state index contributed by atoms with van der Waals surface area (Å²) in [6.45, 7) is 9.00.